The molecule has 9 amide bonds. The van der Waals surface area contributed by atoms with Crippen molar-refractivity contribution in [2.75, 3.05) is 13.2 Å². The zero-order chi connectivity index (χ0) is 46.4. The third-order valence-corrected chi connectivity index (χ3v) is 9.66. The van der Waals surface area contributed by atoms with Crippen molar-refractivity contribution in [1.82, 2.24) is 47.2 Å². The Morgan fingerprint density at radius 2 is 1.37 bits per heavy atom. The van der Waals surface area contributed by atoms with Gasteiger partial charge in [0.05, 0.1) is 12.6 Å². The first-order chi connectivity index (χ1) is 29.3. The number of ether oxygens (including phenoxy) is 1. The van der Waals surface area contributed by atoms with Gasteiger partial charge in [0.1, 0.15) is 48.7 Å². The summed E-state index contributed by atoms with van der Waals surface area (Å²) in [5.41, 5.74) is 10.5. The predicted molar refractivity (Wildman–Crippen MR) is 219 cm³/mol. The highest BCUT2D eigenvalue weighted by Crippen LogP contribution is 2.12. The normalized spacial score (nSPS) is 20.0. The minimum Gasteiger partial charge on any atom is -0.461 e. The van der Waals surface area contributed by atoms with E-state index in [0.717, 1.165) is 32.1 Å². The van der Waals surface area contributed by atoms with Gasteiger partial charge >= 0.3 is 5.97 Å². The van der Waals surface area contributed by atoms with E-state index in [9.17, 15) is 53.1 Å². The molecule has 23 heteroatoms. The summed E-state index contributed by atoms with van der Waals surface area (Å²) >= 11 is 0. The lowest BCUT2D eigenvalue weighted by Crippen LogP contribution is -2.59. The highest BCUT2D eigenvalue weighted by atomic mass is 16.5. The first-order valence-electron chi connectivity index (χ1n) is 20.7. The third-order valence-electron chi connectivity index (χ3n) is 9.66. The molecule has 0 aromatic carbocycles. The Morgan fingerprint density at radius 1 is 0.774 bits per heavy atom. The topological polar surface area (TPSA) is 365 Å². The molecule has 1 fully saturated rings. The van der Waals surface area contributed by atoms with Gasteiger partial charge in [0.2, 0.25) is 53.2 Å². The minimum atomic E-state index is -1.71. The number of aromatic amines is 1. The molecule has 1 aliphatic rings. The number of esters is 1. The van der Waals surface area contributed by atoms with Gasteiger partial charge in [-0.15, -0.1) is 0 Å². The number of amides is 9. The molecule has 1 aromatic heterocycles. The molecule has 0 spiro atoms. The molecule has 1 aromatic rings. The molecule has 13 N–H and O–H groups in total. The van der Waals surface area contributed by atoms with Crippen LogP contribution in [0.3, 0.4) is 0 Å². The number of nitrogens with two attached hydrogens (primary N) is 2. The van der Waals surface area contributed by atoms with Gasteiger partial charge in [0, 0.05) is 38.1 Å². The number of carbonyl (C=O) groups excluding carboxylic acids is 10. The van der Waals surface area contributed by atoms with Gasteiger partial charge in [-0.1, -0.05) is 46.0 Å². The standard InChI is InChI=1S/C39H63N11O12/c1-21(2)10-8-6-5-7-9-11-31(54)50-33(23(4)51)38(60)44-19-32(55)45-22(3)34(56)49-27-20-62-39(61)25(13-15-29(41)53)47-35(57)24(12-14-28(40)52)46-36(58)26(48-37(27)59)18-30-42-16-17-43-30/h16-17,21-27,33,51H,5-15,18-20H2,1-4H3,(H2,40,52)(H2,41,53)(H,42,43)(H,44,60)(H,45,55)(H,46,58)(H,47,57)(H,48,59)(H,49,56)(H,50,54). The highest BCUT2D eigenvalue weighted by molar-refractivity contribution is 5.97. The van der Waals surface area contributed by atoms with Crippen LogP contribution in [-0.4, -0.2) is 130 Å². The summed E-state index contributed by atoms with van der Waals surface area (Å²) in [6, 6.07) is -8.90. The number of hydrogen-bond acceptors (Lipinski definition) is 13. The molecular formula is C39H63N11O12. The van der Waals surface area contributed by atoms with Crippen LogP contribution >= 0.6 is 0 Å². The molecule has 1 saturated heterocycles. The fraction of sp³-hybridized carbons (Fsp3) is 0.667. The summed E-state index contributed by atoms with van der Waals surface area (Å²) in [5.74, 6) is -7.96. The van der Waals surface area contributed by atoms with Crippen LogP contribution in [0.4, 0.5) is 0 Å². The van der Waals surface area contributed by atoms with Crippen molar-refractivity contribution in [2.45, 2.75) is 147 Å². The number of aliphatic hydroxyl groups is 1. The maximum Gasteiger partial charge on any atom is 0.328 e. The number of aromatic nitrogens is 2. The lowest BCUT2D eigenvalue weighted by Gasteiger charge is -2.25. The molecule has 7 unspecified atom stereocenters. The fourth-order valence-corrected chi connectivity index (χ4v) is 6.12. The number of nitrogens with zero attached hydrogens (tertiary/aromatic N) is 1. The number of rotatable bonds is 24. The van der Waals surface area contributed by atoms with Crippen LogP contribution in [0.25, 0.3) is 0 Å². The summed E-state index contributed by atoms with van der Waals surface area (Å²) in [4.78, 5) is 136. The van der Waals surface area contributed by atoms with Crippen molar-refractivity contribution >= 4 is 59.1 Å². The van der Waals surface area contributed by atoms with E-state index in [4.69, 9.17) is 16.2 Å². The molecule has 23 nitrogen and oxygen atoms in total. The maximum absolute atomic E-state index is 13.7. The number of hydrogen-bond donors (Lipinski definition) is 11. The second-order valence-corrected chi connectivity index (χ2v) is 15.6. The smallest absolute Gasteiger partial charge is 0.328 e. The molecule has 0 saturated carbocycles. The second kappa shape index (κ2) is 26.9. The molecule has 2 heterocycles. The van der Waals surface area contributed by atoms with Gasteiger partial charge in [-0.2, -0.15) is 0 Å². The van der Waals surface area contributed by atoms with Crippen LogP contribution in [0.2, 0.25) is 0 Å². The van der Waals surface area contributed by atoms with Crippen molar-refractivity contribution in [3.8, 4) is 0 Å². The summed E-state index contributed by atoms with van der Waals surface area (Å²) in [5, 5.41) is 26.9. The van der Waals surface area contributed by atoms with E-state index in [0.29, 0.717) is 12.3 Å². The Labute approximate surface area is 359 Å². The summed E-state index contributed by atoms with van der Waals surface area (Å²) < 4.78 is 5.31. The number of nitrogens with one attached hydrogen (secondary N) is 8. The highest BCUT2D eigenvalue weighted by Gasteiger charge is 2.35. The van der Waals surface area contributed by atoms with E-state index in [1.54, 1.807) is 0 Å². The van der Waals surface area contributed by atoms with Crippen molar-refractivity contribution in [1.29, 1.82) is 0 Å². The van der Waals surface area contributed by atoms with Gasteiger partial charge in [-0.05, 0) is 39.0 Å². The van der Waals surface area contributed by atoms with Crippen LogP contribution in [0.1, 0.15) is 104 Å². The molecule has 0 bridgehead atoms. The number of unbranched alkanes of at least 4 members (excludes halogenated alkanes) is 4. The Hall–Kier alpha value is -6.13. The number of primary amides is 2. The molecule has 2 rings (SSSR count). The van der Waals surface area contributed by atoms with Crippen molar-refractivity contribution < 1.29 is 57.8 Å². The number of imidazole rings is 1. The Balaban J connectivity index is 2.15. The Morgan fingerprint density at radius 3 is 1.98 bits per heavy atom. The SMILES string of the molecule is CC(C)CCCCCCCC(=O)NC(C(=O)NCC(=O)NC(C)C(=O)NC1COC(=O)C(CCC(N)=O)NC(=O)C(CCC(N)=O)NC(=O)C(Cc2ncc[nH]2)NC1=O)C(C)O. The van der Waals surface area contributed by atoms with E-state index >= 15 is 0 Å². The van der Waals surface area contributed by atoms with E-state index < -0.39 is 121 Å². The Kier molecular flexibility index (Phi) is 22.6. The van der Waals surface area contributed by atoms with Gasteiger partial charge in [-0.3, -0.25) is 43.2 Å². The number of cyclic esters (lactones) is 1. The average molecular weight is 878 g/mol. The lowest BCUT2D eigenvalue weighted by molar-refractivity contribution is -0.150. The van der Waals surface area contributed by atoms with E-state index in [1.165, 1.54) is 26.2 Å². The van der Waals surface area contributed by atoms with Crippen LogP contribution in [0.15, 0.2) is 12.4 Å². The van der Waals surface area contributed by atoms with E-state index in [1.807, 2.05) is 0 Å². The van der Waals surface area contributed by atoms with Gasteiger partial charge in [0.25, 0.3) is 0 Å². The van der Waals surface area contributed by atoms with Crippen LogP contribution < -0.4 is 48.7 Å². The average Bonchev–Trinajstić information content (AvgIpc) is 3.72. The second-order valence-electron chi connectivity index (χ2n) is 15.6. The van der Waals surface area contributed by atoms with Crippen LogP contribution in [-0.2, 0) is 59.1 Å². The molecule has 346 valence electrons. The third kappa shape index (κ3) is 20.0. The molecule has 1 aliphatic heterocycles. The Bertz CT molecular complexity index is 1710. The van der Waals surface area contributed by atoms with Crippen molar-refractivity contribution in [3.63, 3.8) is 0 Å². The summed E-state index contributed by atoms with van der Waals surface area (Å²) in [6.07, 6.45) is 5.73. The van der Waals surface area contributed by atoms with Crippen molar-refractivity contribution in [3.05, 3.63) is 18.2 Å². The monoisotopic (exact) mass is 877 g/mol. The fourth-order valence-electron chi connectivity index (χ4n) is 6.12. The molecule has 0 aliphatic carbocycles. The first kappa shape index (κ1) is 52.0. The summed E-state index contributed by atoms with van der Waals surface area (Å²) in [7, 11) is 0. The van der Waals surface area contributed by atoms with Crippen molar-refractivity contribution in [2.24, 2.45) is 17.4 Å². The van der Waals surface area contributed by atoms with E-state index in [2.05, 4.69) is 61.0 Å². The minimum absolute atomic E-state index is 0.148. The zero-order valence-electron chi connectivity index (χ0n) is 35.7. The van der Waals surface area contributed by atoms with Gasteiger partial charge < -0.3 is 63.5 Å². The largest absolute Gasteiger partial charge is 0.461 e. The molecule has 62 heavy (non-hydrogen) atoms. The van der Waals surface area contributed by atoms with Gasteiger partial charge in [-0.25, -0.2) is 9.78 Å². The van der Waals surface area contributed by atoms with Gasteiger partial charge in [0.15, 0.2) is 0 Å². The quantitative estimate of drug-likeness (QED) is 0.0362. The maximum atomic E-state index is 13.7. The molecule has 0 radical (unpaired) electrons. The molecule has 7 atom stereocenters. The number of aliphatic hydroxyl groups excluding tert-OH is 1. The number of H-pyrrole nitrogens is 1. The lowest BCUT2D eigenvalue weighted by atomic mass is 10.0. The van der Waals surface area contributed by atoms with Crippen LogP contribution in [0.5, 0.6) is 0 Å². The van der Waals surface area contributed by atoms with E-state index in [-0.39, 0.29) is 37.9 Å². The first-order valence-corrected chi connectivity index (χ1v) is 20.7. The molecular weight excluding hydrogens is 814 g/mol. The summed E-state index contributed by atoms with van der Waals surface area (Å²) in [6.45, 7) is 5.34. The zero-order valence-corrected chi connectivity index (χ0v) is 35.7. The number of carbonyl (C=O) groups is 10. The predicted octanol–water partition coefficient (Wildman–Crippen LogP) is -3.15. The van der Waals surface area contributed by atoms with Crippen LogP contribution in [0, 0.1) is 5.92 Å².